The molecule has 0 radical (unpaired) electrons. The Morgan fingerprint density at radius 1 is 1.04 bits per heavy atom. The number of carbonyl (C=O) groups is 2. The quantitative estimate of drug-likeness (QED) is 0.703. The van der Waals surface area contributed by atoms with Crippen molar-refractivity contribution < 1.29 is 9.59 Å². The van der Waals surface area contributed by atoms with Gasteiger partial charge in [-0.25, -0.2) is 5.43 Å². The maximum atomic E-state index is 12.4. The topological polar surface area (TPSA) is 83.1 Å². The number of hydrogen-bond donors (Lipinski definition) is 3. The molecule has 1 aliphatic carbocycles. The van der Waals surface area contributed by atoms with Crippen molar-refractivity contribution in [3.63, 3.8) is 0 Å². The summed E-state index contributed by atoms with van der Waals surface area (Å²) >= 11 is 0. The van der Waals surface area contributed by atoms with Crippen LogP contribution in [0.15, 0.2) is 54.7 Å². The van der Waals surface area contributed by atoms with E-state index in [9.17, 15) is 9.59 Å². The molecule has 3 rings (SSSR count). The van der Waals surface area contributed by atoms with E-state index in [1.54, 1.807) is 24.4 Å². The zero-order chi connectivity index (χ0) is 16.1. The molecule has 118 valence electrons. The van der Waals surface area contributed by atoms with Gasteiger partial charge in [0.1, 0.15) is 11.7 Å². The minimum atomic E-state index is -0.649. The Hall–Kier alpha value is -2.73. The summed E-state index contributed by atoms with van der Waals surface area (Å²) in [4.78, 5) is 28.5. The Morgan fingerprint density at radius 3 is 2.43 bits per heavy atom. The zero-order valence-electron chi connectivity index (χ0n) is 12.5. The number of nitrogens with one attached hydrogen (secondary N) is 3. The molecule has 0 bridgehead atoms. The molecule has 1 unspecified atom stereocenters. The lowest BCUT2D eigenvalue weighted by atomic mass is 10.1. The summed E-state index contributed by atoms with van der Waals surface area (Å²) in [6.07, 6.45) is 3.56. The highest BCUT2D eigenvalue weighted by Gasteiger charge is 2.28. The maximum Gasteiger partial charge on any atom is 0.283 e. The molecule has 0 aliphatic heterocycles. The average molecular weight is 310 g/mol. The van der Waals surface area contributed by atoms with Crippen molar-refractivity contribution in [3.05, 3.63) is 66.0 Å². The van der Waals surface area contributed by atoms with Gasteiger partial charge in [0.25, 0.3) is 5.91 Å². The van der Waals surface area contributed by atoms with Crippen LogP contribution in [0.2, 0.25) is 0 Å². The summed E-state index contributed by atoms with van der Waals surface area (Å²) in [6, 6.07) is 14.0. The van der Waals surface area contributed by atoms with Crippen molar-refractivity contribution in [2.75, 3.05) is 0 Å². The van der Waals surface area contributed by atoms with Gasteiger partial charge in [0, 0.05) is 12.2 Å². The third-order valence-corrected chi connectivity index (χ3v) is 3.55. The van der Waals surface area contributed by atoms with Crippen LogP contribution in [0.5, 0.6) is 0 Å². The zero-order valence-corrected chi connectivity index (χ0v) is 12.5. The Bertz CT molecular complexity index is 672. The van der Waals surface area contributed by atoms with Crippen molar-refractivity contribution in [2.24, 2.45) is 0 Å². The monoisotopic (exact) mass is 310 g/mol. The molecule has 1 heterocycles. The molecule has 1 aromatic carbocycles. The number of aromatic nitrogens is 1. The molecule has 1 fully saturated rings. The summed E-state index contributed by atoms with van der Waals surface area (Å²) in [7, 11) is 0. The first-order chi connectivity index (χ1) is 11.2. The molecule has 1 aliphatic rings. The highest BCUT2D eigenvalue weighted by molar-refractivity contribution is 5.92. The second kappa shape index (κ2) is 7.02. The number of hydrazine groups is 1. The van der Waals surface area contributed by atoms with Crippen LogP contribution in [0, 0.1) is 0 Å². The first kappa shape index (κ1) is 15.2. The molecule has 23 heavy (non-hydrogen) atoms. The minimum Gasteiger partial charge on any atom is -0.352 e. The number of pyridine rings is 1. The first-order valence-electron chi connectivity index (χ1n) is 7.56. The maximum absolute atomic E-state index is 12.4. The molecule has 2 aromatic rings. The lowest BCUT2D eigenvalue weighted by Crippen LogP contribution is -2.47. The highest BCUT2D eigenvalue weighted by atomic mass is 16.2. The summed E-state index contributed by atoms with van der Waals surface area (Å²) in [6.45, 7) is 0. The van der Waals surface area contributed by atoms with Gasteiger partial charge in [0.2, 0.25) is 5.91 Å². The fraction of sp³-hybridized carbons (Fsp3) is 0.235. The molecule has 0 spiro atoms. The number of rotatable bonds is 6. The summed E-state index contributed by atoms with van der Waals surface area (Å²) in [5, 5.41) is 2.95. The minimum absolute atomic E-state index is 0.153. The molecule has 1 atom stereocenters. The van der Waals surface area contributed by atoms with E-state index in [-0.39, 0.29) is 23.6 Å². The van der Waals surface area contributed by atoms with E-state index in [1.807, 2.05) is 30.3 Å². The van der Waals surface area contributed by atoms with Crippen LogP contribution >= 0.6 is 0 Å². The van der Waals surface area contributed by atoms with E-state index in [0.717, 1.165) is 18.4 Å². The molecule has 1 saturated carbocycles. The van der Waals surface area contributed by atoms with Crippen LogP contribution < -0.4 is 16.2 Å². The van der Waals surface area contributed by atoms with Gasteiger partial charge >= 0.3 is 0 Å². The third kappa shape index (κ3) is 4.14. The summed E-state index contributed by atoms with van der Waals surface area (Å²) in [5.41, 5.74) is 6.45. The van der Waals surface area contributed by atoms with Crippen LogP contribution in [-0.2, 0) is 4.79 Å². The average Bonchev–Trinajstić information content (AvgIpc) is 3.40. The fourth-order valence-corrected chi connectivity index (χ4v) is 2.16. The fourth-order valence-electron chi connectivity index (χ4n) is 2.16. The predicted octanol–water partition coefficient (Wildman–Crippen LogP) is 1.34. The SMILES string of the molecule is O=C(NNC(C(=O)NC1CC1)c1ccccc1)c1ccccn1. The van der Waals surface area contributed by atoms with Gasteiger partial charge in [-0.1, -0.05) is 36.4 Å². The van der Waals surface area contributed by atoms with Gasteiger partial charge in [-0.05, 0) is 30.5 Å². The molecule has 6 heteroatoms. The van der Waals surface area contributed by atoms with Crippen molar-refractivity contribution in [1.82, 2.24) is 21.2 Å². The van der Waals surface area contributed by atoms with Crippen LogP contribution in [-0.4, -0.2) is 22.8 Å². The molecule has 0 saturated heterocycles. The van der Waals surface area contributed by atoms with Gasteiger partial charge in [0.15, 0.2) is 0 Å². The second-order valence-corrected chi connectivity index (χ2v) is 5.44. The Morgan fingerprint density at radius 2 is 1.78 bits per heavy atom. The van der Waals surface area contributed by atoms with Gasteiger partial charge in [-0.2, -0.15) is 0 Å². The third-order valence-electron chi connectivity index (χ3n) is 3.55. The lowest BCUT2D eigenvalue weighted by molar-refractivity contribution is -0.123. The molecule has 1 aromatic heterocycles. The van der Waals surface area contributed by atoms with E-state index in [2.05, 4.69) is 21.2 Å². The standard InChI is InChI=1S/C17H18N4O2/c22-16(14-8-4-5-11-18-14)21-20-15(12-6-2-1-3-7-12)17(23)19-13-9-10-13/h1-8,11,13,15,20H,9-10H2,(H,19,23)(H,21,22). The normalized spacial score (nSPS) is 14.8. The van der Waals surface area contributed by atoms with Gasteiger partial charge in [0.05, 0.1) is 0 Å². The van der Waals surface area contributed by atoms with Crippen LogP contribution in [0.4, 0.5) is 0 Å². The number of carbonyl (C=O) groups excluding carboxylic acids is 2. The second-order valence-electron chi connectivity index (χ2n) is 5.44. The van der Waals surface area contributed by atoms with E-state index in [1.165, 1.54) is 0 Å². The highest BCUT2D eigenvalue weighted by Crippen LogP contribution is 2.21. The molecular formula is C17H18N4O2. The van der Waals surface area contributed by atoms with Crippen molar-refractivity contribution in [1.29, 1.82) is 0 Å². The van der Waals surface area contributed by atoms with E-state index in [4.69, 9.17) is 0 Å². The van der Waals surface area contributed by atoms with Crippen molar-refractivity contribution in [3.8, 4) is 0 Å². The number of amides is 2. The summed E-state index contributed by atoms with van der Waals surface area (Å²) < 4.78 is 0. The van der Waals surface area contributed by atoms with Crippen molar-refractivity contribution >= 4 is 11.8 Å². The number of hydrogen-bond acceptors (Lipinski definition) is 4. The number of benzene rings is 1. The van der Waals surface area contributed by atoms with E-state index in [0.29, 0.717) is 0 Å². The van der Waals surface area contributed by atoms with Crippen molar-refractivity contribution in [2.45, 2.75) is 24.9 Å². The Kier molecular flexibility index (Phi) is 4.63. The smallest absolute Gasteiger partial charge is 0.283 e. The predicted molar refractivity (Wildman–Crippen MR) is 85.2 cm³/mol. The molecule has 6 nitrogen and oxygen atoms in total. The molecular weight excluding hydrogens is 292 g/mol. The van der Waals surface area contributed by atoms with E-state index < -0.39 is 6.04 Å². The van der Waals surface area contributed by atoms with Crippen LogP contribution in [0.3, 0.4) is 0 Å². The largest absolute Gasteiger partial charge is 0.352 e. The Labute approximate surface area is 134 Å². The Balaban J connectivity index is 1.68. The first-order valence-corrected chi connectivity index (χ1v) is 7.56. The number of nitrogens with zero attached hydrogens (tertiary/aromatic N) is 1. The molecule has 3 N–H and O–H groups in total. The van der Waals surface area contributed by atoms with Crippen LogP contribution in [0.25, 0.3) is 0 Å². The molecule has 2 amide bonds. The van der Waals surface area contributed by atoms with E-state index >= 15 is 0 Å². The van der Waals surface area contributed by atoms with Gasteiger partial charge in [-0.3, -0.25) is 20.0 Å². The summed E-state index contributed by atoms with van der Waals surface area (Å²) in [5.74, 6) is -0.536. The lowest BCUT2D eigenvalue weighted by Gasteiger charge is -2.19. The van der Waals surface area contributed by atoms with Gasteiger partial charge in [-0.15, -0.1) is 0 Å². The van der Waals surface area contributed by atoms with Crippen LogP contribution in [0.1, 0.15) is 34.9 Å². The van der Waals surface area contributed by atoms with Gasteiger partial charge < -0.3 is 5.32 Å².